The summed E-state index contributed by atoms with van der Waals surface area (Å²) in [6.07, 6.45) is 5.64. The predicted molar refractivity (Wildman–Crippen MR) is 59.0 cm³/mol. The third kappa shape index (κ3) is 3.88. The van der Waals surface area contributed by atoms with Gasteiger partial charge >= 0.3 is 0 Å². The van der Waals surface area contributed by atoms with Gasteiger partial charge < -0.3 is 10.8 Å². The molecule has 1 aliphatic rings. The van der Waals surface area contributed by atoms with E-state index in [0.717, 1.165) is 18.6 Å². The van der Waals surface area contributed by atoms with Gasteiger partial charge in [-0.2, -0.15) is 11.8 Å². The van der Waals surface area contributed by atoms with Gasteiger partial charge in [0, 0.05) is 17.5 Å². The highest BCUT2D eigenvalue weighted by Crippen LogP contribution is 2.31. The van der Waals surface area contributed by atoms with E-state index >= 15 is 0 Å². The fourth-order valence-corrected chi connectivity index (χ4v) is 2.74. The molecule has 0 saturated heterocycles. The van der Waals surface area contributed by atoms with Gasteiger partial charge in [0.25, 0.3) is 0 Å². The van der Waals surface area contributed by atoms with Gasteiger partial charge in [-0.1, -0.05) is 26.2 Å². The maximum atomic E-state index is 10.2. The summed E-state index contributed by atoms with van der Waals surface area (Å²) in [4.78, 5) is 0. The van der Waals surface area contributed by atoms with Crippen molar-refractivity contribution in [2.75, 3.05) is 12.3 Å². The highest BCUT2D eigenvalue weighted by Gasteiger charge is 2.29. The first kappa shape index (κ1) is 11.3. The molecule has 1 saturated carbocycles. The molecule has 13 heavy (non-hydrogen) atoms. The van der Waals surface area contributed by atoms with Crippen molar-refractivity contribution in [1.29, 1.82) is 0 Å². The van der Waals surface area contributed by atoms with Crippen LogP contribution >= 0.6 is 11.8 Å². The van der Waals surface area contributed by atoms with Gasteiger partial charge in [0.1, 0.15) is 0 Å². The average molecular weight is 203 g/mol. The molecule has 0 spiro atoms. The van der Waals surface area contributed by atoms with Crippen molar-refractivity contribution in [3.8, 4) is 0 Å². The summed E-state index contributed by atoms with van der Waals surface area (Å²) in [5, 5.41) is 10.6. The molecule has 1 fully saturated rings. The first-order valence-corrected chi connectivity index (χ1v) is 6.25. The normalized spacial score (nSPS) is 24.2. The Morgan fingerprint density at radius 3 is 2.54 bits per heavy atom. The second kappa shape index (κ2) is 5.23. The van der Waals surface area contributed by atoms with Crippen LogP contribution in [0.1, 0.15) is 39.0 Å². The number of aliphatic hydroxyl groups is 1. The van der Waals surface area contributed by atoms with E-state index in [-0.39, 0.29) is 5.60 Å². The van der Waals surface area contributed by atoms with E-state index in [1.54, 1.807) is 11.8 Å². The van der Waals surface area contributed by atoms with Crippen LogP contribution in [0.5, 0.6) is 0 Å². The van der Waals surface area contributed by atoms with Gasteiger partial charge in [0.05, 0.1) is 5.60 Å². The van der Waals surface area contributed by atoms with Crippen molar-refractivity contribution in [1.82, 2.24) is 0 Å². The minimum absolute atomic E-state index is 0.383. The maximum Gasteiger partial charge on any atom is 0.0737 e. The fraction of sp³-hybridized carbons (Fsp3) is 1.00. The van der Waals surface area contributed by atoms with Gasteiger partial charge in [0.2, 0.25) is 0 Å². The first-order chi connectivity index (χ1) is 6.16. The second-order valence-corrected chi connectivity index (χ2v) is 5.57. The third-order valence-electron chi connectivity index (χ3n) is 2.75. The molecule has 0 amide bonds. The van der Waals surface area contributed by atoms with E-state index in [4.69, 9.17) is 5.73 Å². The Labute approximate surface area is 85.3 Å². The summed E-state index contributed by atoms with van der Waals surface area (Å²) in [7, 11) is 0. The summed E-state index contributed by atoms with van der Waals surface area (Å²) in [6.45, 7) is 2.83. The van der Waals surface area contributed by atoms with Crippen molar-refractivity contribution >= 4 is 11.8 Å². The van der Waals surface area contributed by atoms with Crippen molar-refractivity contribution < 1.29 is 5.11 Å². The lowest BCUT2D eigenvalue weighted by Gasteiger charge is -2.32. The Bertz CT molecular complexity index is 146. The Morgan fingerprint density at radius 2 is 2.00 bits per heavy atom. The Balaban J connectivity index is 2.24. The molecule has 0 heterocycles. The molecule has 0 aromatic heterocycles. The van der Waals surface area contributed by atoms with E-state index < -0.39 is 0 Å². The van der Waals surface area contributed by atoms with Crippen molar-refractivity contribution in [2.24, 2.45) is 5.73 Å². The summed E-state index contributed by atoms with van der Waals surface area (Å²) in [6, 6.07) is 0. The Morgan fingerprint density at radius 1 is 1.38 bits per heavy atom. The molecule has 2 nitrogen and oxygen atoms in total. The SMILES string of the molecule is CC(CN)SCC1(O)CCCCC1. The molecule has 78 valence electrons. The Kier molecular flexibility index (Phi) is 4.56. The van der Waals surface area contributed by atoms with Crippen LogP contribution in [0.15, 0.2) is 0 Å². The summed E-state index contributed by atoms with van der Waals surface area (Å²) in [5.41, 5.74) is 5.15. The highest BCUT2D eigenvalue weighted by atomic mass is 32.2. The zero-order valence-corrected chi connectivity index (χ0v) is 9.28. The molecule has 0 radical (unpaired) electrons. The lowest BCUT2D eigenvalue weighted by molar-refractivity contribution is 0.0272. The van der Waals surface area contributed by atoms with Crippen LogP contribution in [0.4, 0.5) is 0 Å². The van der Waals surface area contributed by atoms with Crippen LogP contribution in [-0.4, -0.2) is 28.3 Å². The molecule has 0 aromatic rings. The van der Waals surface area contributed by atoms with Gasteiger partial charge in [-0.05, 0) is 12.8 Å². The maximum absolute atomic E-state index is 10.2. The van der Waals surface area contributed by atoms with Gasteiger partial charge in [-0.15, -0.1) is 0 Å². The van der Waals surface area contributed by atoms with Crippen LogP contribution in [0, 0.1) is 0 Å². The third-order valence-corrected chi connectivity index (χ3v) is 4.22. The molecule has 0 aliphatic heterocycles. The van der Waals surface area contributed by atoms with E-state index in [2.05, 4.69) is 6.92 Å². The number of nitrogens with two attached hydrogens (primary N) is 1. The summed E-state index contributed by atoms with van der Waals surface area (Å²) >= 11 is 1.81. The molecule has 0 aromatic carbocycles. The number of rotatable bonds is 4. The van der Waals surface area contributed by atoms with Crippen LogP contribution in [-0.2, 0) is 0 Å². The minimum atomic E-state index is -0.383. The van der Waals surface area contributed by atoms with Crippen LogP contribution < -0.4 is 5.73 Å². The smallest absolute Gasteiger partial charge is 0.0737 e. The quantitative estimate of drug-likeness (QED) is 0.732. The number of hydrogen-bond donors (Lipinski definition) is 2. The van der Waals surface area contributed by atoms with Crippen LogP contribution in [0.2, 0.25) is 0 Å². The Hall–Kier alpha value is 0.270. The standard InChI is InChI=1S/C10H21NOS/c1-9(7-11)13-8-10(12)5-3-2-4-6-10/h9,12H,2-8,11H2,1H3. The molecule has 1 aliphatic carbocycles. The summed E-state index contributed by atoms with van der Waals surface area (Å²) in [5.74, 6) is 0.866. The fourth-order valence-electron chi connectivity index (χ4n) is 1.72. The van der Waals surface area contributed by atoms with Gasteiger partial charge in [-0.25, -0.2) is 0 Å². The lowest BCUT2D eigenvalue weighted by atomic mass is 9.86. The topological polar surface area (TPSA) is 46.2 Å². The molecular formula is C10H21NOS. The van der Waals surface area contributed by atoms with Crippen molar-refractivity contribution in [3.63, 3.8) is 0 Å². The molecule has 3 heteroatoms. The van der Waals surface area contributed by atoms with Crippen molar-refractivity contribution in [3.05, 3.63) is 0 Å². The zero-order valence-electron chi connectivity index (χ0n) is 8.46. The molecule has 1 rings (SSSR count). The number of thioether (sulfide) groups is 1. The molecule has 3 N–H and O–H groups in total. The van der Waals surface area contributed by atoms with Crippen molar-refractivity contribution in [2.45, 2.75) is 49.9 Å². The first-order valence-electron chi connectivity index (χ1n) is 5.20. The average Bonchev–Trinajstić information content (AvgIpc) is 2.15. The molecule has 0 bridgehead atoms. The largest absolute Gasteiger partial charge is 0.389 e. The van der Waals surface area contributed by atoms with E-state index in [1.165, 1.54) is 19.3 Å². The second-order valence-electron chi connectivity index (χ2n) is 4.14. The molecule has 1 atom stereocenters. The zero-order chi connectivity index (χ0) is 9.73. The minimum Gasteiger partial charge on any atom is -0.389 e. The monoisotopic (exact) mass is 203 g/mol. The van der Waals surface area contributed by atoms with E-state index in [1.807, 2.05) is 0 Å². The lowest BCUT2D eigenvalue weighted by Crippen LogP contribution is -2.35. The van der Waals surface area contributed by atoms with E-state index in [0.29, 0.717) is 11.8 Å². The van der Waals surface area contributed by atoms with E-state index in [9.17, 15) is 5.11 Å². The summed E-state index contributed by atoms with van der Waals surface area (Å²) < 4.78 is 0. The molecule has 1 unspecified atom stereocenters. The van der Waals surface area contributed by atoms with Crippen LogP contribution in [0.25, 0.3) is 0 Å². The van der Waals surface area contributed by atoms with Crippen LogP contribution in [0.3, 0.4) is 0 Å². The number of hydrogen-bond acceptors (Lipinski definition) is 3. The highest BCUT2D eigenvalue weighted by molar-refractivity contribution is 7.99. The van der Waals surface area contributed by atoms with Gasteiger partial charge in [0.15, 0.2) is 0 Å². The predicted octanol–water partition coefficient (Wildman–Crippen LogP) is 1.76. The molecular weight excluding hydrogens is 182 g/mol. The van der Waals surface area contributed by atoms with Gasteiger partial charge in [-0.3, -0.25) is 0 Å².